The number of hydrogen-bond acceptors (Lipinski definition) is 6. The fourth-order valence-corrected chi connectivity index (χ4v) is 3.64. The highest BCUT2D eigenvalue weighted by Gasteiger charge is 2.21. The Labute approximate surface area is 181 Å². The largest absolute Gasteiger partial charge is 0.495 e. The highest BCUT2D eigenvalue weighted by molar-refractivity contribution is 8.00. The summed E-state index contributed by atoms with van der Waals surface area (Å²) < 4.78 is 6.70. The molecule has 1 aromatic heterocycles. The van der Waals surface area contributed by atoms with E-state index in [2.05, 4.69) is 48.4 Å². The van der Waals surface area contributed by atoms with Gasteiger partial charge in [-0.25, -0.2) is 4.68 Å². The minimum Gasteiger partial charge on any atom is -0.495 e. The molecule has 7 nitrogen and oxygen atoms in total. The molecule has 158 valence electrons. The van der Waals surface area contributed by atoms with Crippen LogP contribution in [-0.4, -0.2) is 33.1 Å². The molecule has 0 bridgehead atoms. The molecule has 0 fully saturated rings. The van der Waals surface area contributed by atoms with Gasteiger partial charge in [-0.15, -0.1) is 10.2 Å². The zero-order valence-electron chi connectivity index (χ0n) is 17.8. The van der Waals surface area contributed by atoms with Gasteiger partial charge in [0, 0.05) is 5.56 Å². The lowest BCUT2D eigenvalue weighted by Gasteiger charge is -2.19. The maximum Gasteiger partial charge on any atom is 0.237 e. The molecule has 1 unspecified atom stereocenters. The lowest BCUT2D eigenvalue weighted by atomic mass is 9.87. The molecule has 3 rings (SSSR count). The van der Waals surface area contributed by atoms with Crippen molar-refractivity contribution in [2.24, 2.45) is 0 Å². The van der Waals surface area contributed by atoms with Gasteiger partial charge < -0.3 is 15.9 Å². The number of ether oxygens (including phenoxy) is 1. The first-order valence-electron chi connectivity index (χ1n) is 9.62. The van der Waals surface area contributed by atoms with Crippen LogP contribution in [0.1, 0.15) is 33.3 Å². The quantitative estimate of drug-likeness (QED) is 0.456. The van der Waals surface area contributed by atoms with E-state index in [4.69, 9.17) is 10.6 Å². The molecule has 3 aromatic rings. The minimum atomic E-state index is -0.433. The van der Waals surface area contributed by atoms with E-state index in [0.29, 0.717) is 22.4 Å². The smallest absolute Gasteiger partial charge is 0.237 e. The molecule has 0 radical (unpaired) electrons. The number of rotatable bonds is 6. The van der Waals surface area contributed by atoms with Gasteiger partial charge in [0.2, 0.25) is 11.1 Å². The van der Waals surface area contributed by atoms with Gasteiger partial charge in [0.1, 0.15) is 5.75 Å². The van der Waals surface area contributed by atoms with Crippen LogP contribution in [0.5, 0.6) is 5.75 Å². The molecule has 0 saturated heterocycles. The van der Waals surface area contributed by atoms with Crippen molar-refractivity contribution in [2.75, 3.05) is 18.3 Å². The van der Waals surface area contributed by atoms with Crippen LogP contribution in [-0.2, 0) is 10.2 Å². The number of carbonyl (C=O) groups excluding carboxylic acids is 1. The molecule has 0 aliphatic heterocycles. The van der Waals surface area contributed by atoms with Crippen molar-refractivity contribution in [3.8, 4) is 17.1 Å². The second-order valence-corrected chi connectivity index (χ2v) is 9.26. The number of carbonyl (C=O) groups is 1. The Morgan fingerprint density at radius 3 is 2.43 bits per heavy atom. The number of methoxy groups -OCH3 is 1. The van der Waals surface area contributed by atoms with E-state index in [0.717, 1.165) is 5.56 Å². The van der Waals surface area contributed by atoms with Crippen LogP contribution < -0.4 is 15.9 Å². The highest BCUT2D eigenvalue weighted by atomic mass is 32.2. The van der Waals surface area contributed by atoms with Gasteiger partial charge in [-0.3, -0.25) is 4.79 Å². The molecular formula is C22H27N5O2S. The summed E-state index contributed by atoms with van der Waals surface area (Å²) >= 11 is 1.25. The number of para-hydroxylation sites is 2. The molecule has 1 atom stereocenters. The van der Waals surface area contributed by atoms with E-state index in [-0.39, 0.29) is 11.3 Å². The number of nitrogen functional groups attached to an aromatic ring is 1. The maximum atomic E-state index is 12.6. The molecule has 2 aromatic carbocycles. The molecule has 30 heavy (non-hydrogen) atoms. The summed E-state index contributed by atoms with van der Waals surface area (Å²) in [6, 6.07) is 15.4. The van der Waals surface area contributed by atoms with E-state index >= 15 is 0 Å². The van der Waals surface area contributed by atoms with Crippen molar-refractivity contribution < 1.29 is 9.53 Å². The van der Waals surface area contributed by atoms with Crippen molar-refractivity contribution in [3.05, 3.63) is 54.1 Å². The average Bonchev–Trinajstić information content (AvgIpc) is 3.08. The summed E-state index contributed by atoms with van der Waals surface area (Å²) in [5.41, 5.74) is 2.79. The van der Waals surface area contributed by atoms with Crippen molar-refractivity contribution >= 4 is 23.4 Å². The van der Waals surface area contributed by atoms with Gasteiger partial charge in [0.25, 0.3) is 0 Å². The lowest BCUT2D eigenvalue weighted by Crippen LogP contribution is -2.24. The Balaban J connectivity index is 1.72. The predicted octanol–water partition coefficient (Wildman–Crippen LogP) is 4.08. The van der Waals surface area contributed by atoms with Crippen LogP contribution >= 0.6 is 11.8 Å². The normalized spacial score (nSPS) is 12.4. The lowest BCUT2D eigenvalue weighted by molar-refractivity contribution is -0.115. The number of anilines is 1. The van der Waals surface area contributed by atoms with Crippen LogP contribution in [0.4, 0.5) is 5.69 Å². The summed E-state index contributed by atoms with van der Waals surface area (Å²) in [4.78, 5) is 12.6. The molecule has 3 N–H and O–H groups in total. The van der Waals surface area contributed by atoms with Crippen LogP contribution in [0.25, 0.3) is 11.4 Å². The van der Waals surface area contributed by atoms with Crippen molar-refractivity contribution in [2.45, 2.75) is 43.5 Å². The number of thioether (sulfide) groups is 1. The molecule has 1 heterocycles. The van der Waals surface area contributed by atoms with Crippen LogP contribution in [0, 0.1) is 0 Å². The van der Waals surface area contributed by atoms with Crippen molar-refractivity contribution in [1.82, 2.24) is 14.9 Å². The van der Waals surface area contributed by atoms with Crippen molar-refractivity contribution in [3.63, 3.8) is 0 Å². The second kappa shape index (κ2) is 8.79. The molecule has 8 heteroatoms. The number of benzene rings is 2. The van der Waals surface area contributed by atoms with Crippen LogP contribution in [0.2, 0.25) is 0 Å². The third-order valence-corrected chi connectivity index (χ3v) is 5.75. The zero-order chi connectivity index (χ0) is 21.9. The number of amides is 1. The summed E-state index contributed by atoms with van der Waals surface area (Å²) in [5.74, 6) is 7.20. The second-order valence-electron chi connectivity index (χ2n) is 7.95. The van der Waals surface area contributed by atoms with E-state index in [1.54, 1.807) is 26.2 Å². The Morgan fingerprint density at radius 2 is 1.80 bits per heavy atom. The Bertz CT molecular complexity index is 1020. The van der Waals surface area contributed by atoms with E-state index in [9.17, 15) is 4.79 Å². The number of aromatic nitrogens is 3. The average molecular weight is 426 g/mol. The molecule has 0 aliphatic rings. The number of nitrogens with one attached hydrogen (secondary N) is 1. The monoisotopic (exact) mass is 425 g/mol. The van der Waals surface area contributed by atoms with E-state index < -0.39 is 5.25 Å². The first kappa shape index (κ1) is 21.7. The first-order valence-corrected chi connectivity index (χ1v) is 10.5. The Hall–Kier alpha value is -3.00. The summed E-state index contributed by atoms with van der Waals surface area (Å²) in [6.07, 6.45) is 0. The van der Waals surface area contributed by atoms with E-state index in [1.165, 1.54) is 22.0 Å². The van der Waals surface area contributed by atoms with Gasteiger partial charge >= 0.3 is 0 Å². The summed E-state index contributed by atoms with van der Waals surface area (Å²) in [6.45, 7) is 8.29. The van der Waals surface area contributed by atoms with Gasteiger partial charge in [-0.05, 0) is 30.0 Å². The van der Waals surface area contributed by atoms with Gasteiger partial charge in [-0.1, -0.05) is 68.9 Å². The van der Waals surface area contributed by atoms with Crippen molar-refractivity contribution in [1.29, 1.82) is 0 Å². The molecule has 0 spiro atoms. The molecule has 0 aliphatic carbocycles. The maximum absolute atomic E-state index is 12.6. The van der Waals surface area contributed by atoms with Crippen LogP contribution in [0.3, 0.4) is 0 Å². The summed E-state index contributed by atoms with van der Waals surface area (Å²) in [7, 11) is 1.57. The topological polar surface area (TPSA) is 95.1 Å². The predicted molar refractivity (Wildman–Crippen MR) is 121 cm³/mol. The van der Waals surface area contributed by atoms with Gasteiger partial charge in [0.15, 0.2) is 5.82 Å². The first-order chi connectivity index (χ1) is 14.2. The van der Waals surface area contributed by atoms with Gasteiger partial charge in [0.05, 0.1) is 18.0 Å². The number of hydrogen-bond donors (Lipinski definition) is 2. The number of nitrogens with two attached hydrogens (primary N) is 1. The summed E-state index contributed by atoms with van der Waals surface area (Å²) in [5, 5.41) is 11.3. The van der Waals surface area contributed by atoms with E-state index in [1.807, 2.05) is 24.3 Å². The van der Waals surface area contributed by atoms with Crippen LogP contribution in [0.15, 0.2) is 53.7 Å². The fraction of sp³-hybridized carbons (Fsp3) is 0.318. The SMILES string of the molecule is COc1ccccc1NC(=O)C(C)Sc1nnc(-c2ccc(C(C)(C)C)cc2)n1N. The minimum absolute atomic E-state index is 0.0696. The number of nitrogens with zero attached hydrogens (tertiary/aromatic N) is 3. The third kappa shape index (κ3) is 4.76. The molecular weight excluding hydrogens is 398 g/mol. The Morgan fingerprint density at radius 1 is 1.13 bits per heavy atom. The Kier molecular flexibility index (Phi) is 6.36. The molecule has 0 saturated carbocycles. The van der Waals surface area contributed by atoms with Gasteiger partial charge in [-0.2, -0.15) is 0 Å². The molecule has 1 amide bonds. The third-order valence-electron chi connectivity index (χ3n) is 4.69. The fourth-order valence-electron chi connectivity index (χ4n) is 2.87. The standard InChI is InChI=1S/C22H27N5O2S/c1-14(20(28)24-17-8-6-7-9-18(17)29-5)30-21-26-25-19(27(21)23)15-10-12-16(13-11-15)22(2,3)4/h6-14H,23H2,1-5H3,(H,24,28). The zero-order valence-corrected chi connectivity index (χ0v) is 18.7. The highest BCUT2D eigenvalue weighted by Crippen LogP contribution is 2.29.